The van der Waals surface area contributed by atoms with Gasteiger partial charge in [-0.05, 0) is 47.7 Å². The van der Waals surface area contributed by atoms with Gasteiger partial charge in [0, 0.05) is 19.0 Å². The molecule has 3 rings (SSSR count). The lowest BCUT2D eigenvalue weighted by molar-refractivity contribution is -0.120. The first-order chi connectivity index (χ1) is 16.8. The molecule has 1 aliphatic carbocycles. The number of nitrogens with one attached hydrogen (secondary N) is 3. The van der Waals surface area contributed by atoms with Gasteiger partial charge in [-0.25, -0.2) is 0 Å². The molecule has 0 aromatic heterocycles. The molecule has 0 radical (unpaired) electrons. The second-order valence-electron chi connectivity index (χ2n) is 8.04. The van der Waals surface area contributed by atoms with Crippen molar-refractivity contribution in [3.05, 3.63) is 58.3 Å². The van der Waals surface area contributed by atoms with Crippen LogP contribution in [0.3, 0.4) is 0 Å². The minimum Gasteiger partial charge on any atom is -0.493 e. The minimum absolute atomic E-state index is 0.0716. The fourth-order valence-electron chi connectivity index (χ4n) is 4.28. The van der Waals surface area contributed by atoms with E-state index < -0.39 is 6.04 Å². The molecular weight excluding hydrogens is 450 g/mol. The molecule has 2 amide bonds. The van der Waals surface area contributed by atoms with E-state index >= 15 is 0 Å². The number of benzene rings is 1. The first kappa shape index (κ1) is 25.6. The zero-order chi connectivity index (χ0) is 25.5. The van der Waals surface area contributed by atoms with E-state index in [4.69, 9.17) is 14.2 Å². The van der Waals surface area contributed by atoms with E-state index in [9.17, 15) is 14.4 Å². The van der Waals surface area contributed by atoms with E-state index in [0.717, 1.165) is 16.7 Å². The van der Waals surface area contributed by atoms with Crippen LogP contribution in [-0.2, 0) is 16.0 Å². The molecule has 0 aliphatic heterocycles. The highest BCUT2D eigenvalue weighted by Crippen LogP contribution is 2.50. The Labute approximate surface area is 204 Å². The molecule has 186 valence electrons. The number of amides is 2. The number of carbonyl (C=O) groups is 2. The number of anilines is 1. The van der Waals surface area contributed by atoms with Crippen molar-refractivity contribution in [2.45, 2.75) is 25.8 Å². The van der Waals surface area contributed by atoms with Crippen LogP contribution in [0.5, 0.6) is 17.2 Å². The largest absolute Gasteiger partial charge is 0.493 e. The average Bonchev–Trinajstić information content (AvgIpc) is 3.08. The molecule has 0 bridgehead atoms. The Kier molecular flexibility index (Phi) is 8.35. The Balaban J connectivity index is 2.21. The molecule has 0 spiro atoms. The number of fused-ring (bicyclic) bond motifs is 3. The maximum atomic E-state index is 13.2. The summed E-state index contributed by atoms with van der Waals surface area (Å²) in [5.74, 6) is 0.968. The topological polar surface area (TPSA) is 115 Å². The number of rotatable bonds is 9. The molecule has 1 atom stereocenters. The smallest absolute Gasteiger partial charge is 0.239 e. The van der Waals surface area contributed by atoms with Gasteiger partial charge in [0.2, 0.25) is 23.0 Å². The third-order valence-corrected chi connectivity index (χ3v) is 5.80. The zero-order valence-corrected chi connectivity index (χ0v) is 20.4. The van der Waals surface area contributed by atoms with Crippen molar-refractivity contribution in [2.24, 2.45) is 0 Å². The van der Waals surface area contributed by atoms with Gasteiger partial charge in [0.25, 0.3) is 0 Å². The zero-order valence-electron chi connectivity index (χ0n) is 20.4. The summed E-state index contributed by atoms with van der Waals surface area (Å²) in [6.45, 7) is 5.27. The molecule has 35 heavy (non-hydrogen) atoms. The molecule has 0 saturated carbocycles. The van der Waals surface area contributed by atoms with Crippen molar-refractivity contribution in [3.8, 4) is 28.4 Å². The van der Waals surface area contributed by atoms with Crippen LogP contribution in [0.2, 0.25) is 0 Å². The van der Waals surface area contributed by atoms with Crippen LogP contribution < -0.4 is 35.6 Å². The quantitative estimate of drug-likeness (QED) is 0.472. The lowest BCUT2D eigenvalue weighted by Crippen LogP contribution is -2.30. The Morgan fingerprint density at radius 1 is 1.11 bits per heavy atom. The number of carbonyl (C=O) groups excluding carboxylic acids is 2. The van der Waals surface area contributed by atoms with Gasteiger partial charge in [0.1, 0.15) is 0 Å². The van der Waals surface area contributed by atoms with Crippen LogP contribution in [0.1, 0.15) is 30.5 Å². The van der Waals surface area contributed by atoms with Crippen LogP contribution in [0.25, 0.3) is 11.1 Å². The SMILES string of the molecule is C=CCNC(=O)CNc1ccc2c(cc1=O)[C@@H](NC(C)=O)CCc1cc(OC)c(OC)c(OC)c1-2. The van der Waals surface area contributed by atoms with Crippen molar-refractivity contribution in [1.82, 2.24) is 10.6 Å². The molecule has 9 heteroatoms. The Morgan fingerprint density at radius 3 is 2.49 bits per heavy atom. The molecule has 3 N–H and O–H groups in total. The summed E-state index contributed by atoms with van der Waals surface area (Å²) in [7, 11) is 4.64. The van der Waals surface area contributed by atoms with Crippen LogP contribution in [-0.4, -0.2) is 46.2 Å². The molecule has 2 aromatic carbocycles. The van der Waals surface area contributed by atoms with Gasteiger partial charge in [-0.3, -0.25) is 14.4 Å². The summed E-state index contributed by atoms with van der Waals surface area (Å²) in [5, 5.41) is 8.54. The monoisotopic (exact) mass is 481 g/mol. The van der Waals surface area contributed by atoms with Crippen molar-refractivity contribution in [2.75, 3.05) is 39.7 Å². The van der Waals surface area contributed by atoms with Crippen molar-refractivity contribution in [3.63, 3.8) is 0 Å². The normalized spacial score (nSPS) is 13.9. The Morgan fingerprint density at radius 2 is 1.86 bits per heavy atom. The van der Waals surface area contributed by atoms with Crippen LogP contribution in [0.15, 0.2) is 41.7 Å². The van der Waals surface area contributed by atoms with Gasteiger partial charge in [0.15, 0.2) is 11.5 Å². The summed E-state index contributed by atoms with van der Waals surface area (Å²) in [4.78, 5) is 37.2. The van der Waals surface area contributed by atoms with Crippen LogP contribution in [0.4, 0.5) is 5.69 Å². The van der Waals surface area contributed by atoms with Crippen LogP contribution >= 0.6 is 0 Å². The van der Waals surface area contributed by atoms with Gasteiger partial charge in [-0.15, -0.1) is 6.58 Å². The van der Waals surface area contributed by atoms with Crippen LogP contribution in [0, 0.1) is 0 Å². The molecule has 1 aliphatic rings. The van der Waals surface area contributed by atoms with Crippen molar-refractivity contribution < 1.29 is 23.8 Å². The highest BCUT2D eigenvalue weighted by molar-refractivity contribution is 5.84. The molecule has 9 nitrogen and oxygen atoms in total. The minimum atomic E-state index is -0.402. The first-order valence-corrected chi connectivity index (χ1v) is 11.2. The summed E-state index contributed by atoms with van der Waals surface area (Å²) < 4.78 is 16.9. The fourth-order valence-corrected chi connectivity index (χ4v) is 4.28. The summed E-state index contributed by atoms with van der Waals surface area (Å²) >= 11 is 0. The molecule has 2 aromatic rings. The summed E-state index contributed by atoms with van der Waals surface area (Å²) in [5.41, 5.74) is 3.02. The maximum absolute atomic E-state index is 13.2. The van der Waals surface area contributed by atoms with Crippen molar-refractivity contribution in [1.29, 1.82) is 0 Å². The van der Waals surface area contributed by atoms with Crippen molar-refractivity contribution >= 4 is 17.5 Å². The Hall–Kier alpha value is -4.01. The third-order valence-electron chi connectivity index (χ3n) is 5.80. The first-order valence-electron chi connectivity index (χ1n) is 11.2. The lowest BCUT2D eigenvalue weighted by Gasteiger charge is -2.19. The number of ether oxygens (including phenoxy) is 3. The molecule has 0 unspecified atom stereocenters. The summed E-state index contributed by atoms with van der Waals surface area (Å²) in [6, 6.07) is 6.43. The number of aryl methyl sites for hydroxylation is 1. The van der Waals surface area contributed by atoms with Gasteiger partial charge in [0.05, 0.1) is 39.6 Å². The molecule has 0 fully saturated rings. The van der Waals surface area contributed by atoms with E-state index in [1.807, 2.05) is 6.07 Å². The lowest BCUT2D eigenvalue weighted by atomic mass is 9.95. The van der Waals surface area contributed by atoms with E-state index in [-0.39, 0.29) is 29.5 Å². The average molecular weight is 482 g/mol. The molecule has 0 saturated heterocycles. The molecule has 0 heterocycles. The van der Waals surface area contributed by atoms with Gasteiger partial charge >= 0.3 is 0 Å². The standard InChI is InChI=1S/C26H31N3O6/c1-6-11-27-23(32)14-28-20-10-8-17-18(13-21(20)31)19(29-15(2)30)9-7-16-12-22(33-3)25(34-4)26(35-5)24(16)17/h6,8,10,12-13,19H,1,7,9,11,14H2,2-5H3,(H,27,32)(H,28,31)(H,29,30)/t19-/m0/s1. The third kappa shape index (κ3) is 5.56. The fraction of sp³-hybridized carbons (Fsp3) is 0.346. The highest BCUT2D eigenvalue weighted by Gasteiger charge is 2.29. The van der Waals surface area contributed by atoms with E-state index in [1.54, 1.807) is 32.4 Å². The van der Waals surface area contributed by atoms with E-state index in [0.29, 0.717) is 42.2 Å². The predicted molar refractivity (Wildman–Crippen MR) is 134 cm³/mol. The highest BCUT2D eigenvalue weighted by atomic mass is 16.5. The molecular formula is C26H31N3O6. The van der Waals surface area contributed by atoms with Gasteiger partial charge in [-0.2, -0.15) is 0 Å². The second-order valence-corrected chi connectivity index (χ2v) is 8.04. The predicted octanol–water partition coefficient (Wildman–Crippen LogP) is 2.58. The number of hydrogen-bond donors (Lipinski definition) is 3. The number of methoxy groups -OCH3 is 3. The van der Waals surface area contributed by atoms with E-state index in [1.165, 1.54) is 20.1 Å². The van der Waals surface area contributed by atoms with E-state index in [2.05, 4.69) is 22.5 Å². The van der Waals surface area contributed by atoms with Gasteiger partial charge in [-0.1, -0.05) is 12.1 Å². The van der Waals surface area contributed by atoms with Gasteiger partial charge < -0.3 is 30.2 Å². The second kappa shape index (κ2) is 11.4. The Bertz CT molecular complexity index is 1190. The number of hydrogen-bond acceptors (Lipinski definition) is 7. The summed E-state index contributed by atoms with van der Waals surface area (Å²) in [6.07, 6.45) is 2.75. The maximum Gasteiger partial charge on any atom is 0.239 e.